The van der Waals surface area contributed by atoms with Gasteiger partial charge in [-0.05, 0) is 38.3 Å². The molecule has 0 aromatic rings. The van der Waals surface area contributed by atoms with Crippen molar-refractivity contribution in [3.8, 4) is 0 Å². The molecule has 3 nitrogen and oxygen atoms in total. The third-order valence-electron chi connectivity index (χ3n) is 2.81. The number of nitrogens with one attached hydrogen (secondary N) is 2. The molecule has 12 heavy (non-hydrogen) atoms. The minimum atomic E-state index is 0.256. The molecule has 2 rings (SSSR count). The van der Waals surface area contributed by atoms with Crippen LogP contribution >= 0.6 is 0 Å². The van der Waals surface area contributed by atoms with Crippen LogP contribution in [0.2, 0.25) is 0 Å². The van der Waals surface area contributed by atoms with Crippen molar-refractivity contribution in [2.24, 2.45) is 5.92 Å². The molecule has 0 aromatic carbocycles. The van der Waals surface area contributed by atoms with Crippen molar-refractivity contribution in [3.05, 3.63) is 0 Å². The Bertz CT molecular complexity index is 155. The molecule has 0 spiro atoms. The van der Waals surface area contributed by atoms with Gasteiger partial charge in [-0.2, -0.15) is 0 Å². The molecule has 0 aromatic heterocycles. The van der Waals surface area contributed by atoms with Crippen molar-refractivity contribution in [1.82, 2.24) is 10.6 Å². The van der Waals surface area contributed by atoms with Crippen LogP contribution in [0.25, 0.3) is 0 Å². The normalized spacial score (nSPS) is 24.3. The van der Waals surface area contributed by atoms with E-state index in [-0.39, 0.29) is 5.91 Å². The number of rotatable bonds is 3. The van der Waals surface area contributed by atoms with Crippen LogP contribution in [-0.2, 0) is 4.79 Å². The van der Waals surface area contributed by atoms with Gasteiger partial charge in [-0.1, -0.05) is 0 Å². The summed E-state index contributed by atoms with van der Waals surface area (Å²) in [5, 5.41) is 6.22. The number of carbonyl (C=O) groups excluding carboxylic acids is 1. The monoisotopic (exact) mass is 168 g/mol. The fourth-order valence-electron chi connectivity index (χ4n) is 1.59. The van der Waals surface area contributed by atoms with Crippen molar-refractivity contribution in [2.45, 2.75) is 31.7 Å². The summed E-state index contributed by atoms with van der Waals surface area (Å²) in [5.41, 5.74) is 0. The Labute approximate surface area is 72.9 Å². The molecule has 68 valence electrons. The first-order valence-electron chi connectivity index (χ1n) is 4.84. The molecule has 1 heterocycles. The highest BCUT2D eigenvalue weighted by Gasteiger charge is 2.23. The van der Waals surface area contributed by atoms with Gasteiger partial charge in [0.15, 0.2) is 0 Å². The first-order chi connectivity index (χ1) is 5.84. The largest absolute Gasteiger partial charge is 0.353 e. The Kier molecular flexibility index (Phi) is 2.30. The molecule has 2 fully saturated rings. The third kappa shape index (κ3) is 1.78. The van der Waals surface area contributed by atoms with Crippen LogP contribution in [0, 0.1) is 5.92 Å². The summed E-state index contributed by atoms with van der Waals surface area (Å²) in [4.78, 5) is 11.3. The molecule has 1 aliphatic heterocycles. The standard InChI is InChI=1S/C9H16N2O/c12-9(4-7-5-10-6-7)11-8-2-1-3-8/h7-8,10H,1-6H2,(H,11,12). The van der Waals surface area contributed by atoms with Crippen LogP contribution < -0.4 is 10.6 Å². The van der Waals surface area contributed by atoms with Gasteiger partial charge in [0.2, 0.25) is 5.91 Å². The molecule has 0 atom stereocenters. The summed E-state index contributed by atoms with van der Waals surface area (Å²) < 4.78 is 0. The second kappa shape index (κ2) is 3.44. The van der Waals surface area contributed by atoms with Crippen LogP contribution in [0.4, 0.5) is 0 Å². The SMILES string of the molecule is O=C(CC1CNC1)NC1CCC1. The van der Waals surface area contributed by atoms with Gasteiger partial charge in [-0.15, -0.1) is 0 Å². The maximum absolute atomic E-state index is 11.3. The van der Waals surface area contributed by atoms with Crippen molar-refractivity contribution in [2.75, 3.05) is 13.1 Å². The highest BCUT2D eigenvalue weighted by Crippen LogP contribution is 2.18. The van der Waals surface area contributed by atoms with E-state index in [0.29, 0.717) is 12.0 Å². The molecular weight excluding hydrogens is 152 g/mol. The Balaban J connectivity index is 1.62. The van der Waals surface area contributed by atoms with Crippen LogP contribution in [0.1, 0.15) is 25.7 Å². The lowest BCUT2D eigenvalue weighted by molar-refractivity contribution is -0.123. The van der Waals surface area contributed by atoms with Crippen molar-refractivity contribution >= 4 is 5.91 Å². The molecule has 0 radical (unpaired) electrons. The lowest BCUT2D eigenvalue weighted by atomic mass is 9.92. The smallest absolute Gasteiger partial charge is 0.220 e. The van der Waals surface area contributed by atoms with Gasteiger partial charge in [0.25, 0.3) is 0 Å². The lowest BCUT2D eigenvalue weighted by Gasteiger charge is -2.30. The average Bonchev–Trinajstić information content (AvgIpc) is 1.89. The summed E-state index contributed by atoms with van der Waals surface area (Å²) >= 11 is 0. The number of amides is 1. The van der Waals surface area contributed by atoms with E-state index in [1.807, 2.05) is 0 Å². The second-order valence-corrected chi connectivity index (χ2v) is 3.92. The van der Waals surface area contributed by atoms with E-state index >= 15 is 0 Å². The van der Waals surface area contributed by atoms with Gasteiger partial charge in [0, 0.05) is 12.5 Å². The van der Waals surface area contributed by atoms with E-state index in [1.165, 1.54) is 19.3 Å². The van der Waals surface area contributed by atoms with Crippen LogP contribution in [0.15, 0.2) is 0 Å². The topological polar surface area (TPSA) is 41.1 Å². The minimum Gasteiger partial charge on any atom is -0.353 e. The van der Waals surface area contributed by atoms with E-state index < -0.39 is 0 Å². The van der Waals surface area contributed by atoms with Gasteiger partial charge in [0.1, 0.15) is 0 Å². The fraction of sp³-hybridized carbons (Fsp3) is 0.889. The molecule has 0 unspecified atom stereocenters. The number of carbonyl (C=O) groups is 1. The van der Waals surface area contributed by atoms with E-state index in [2.05, 4.69) is 10.6 Å². The predicted octanol–water partition coefficient (Wildman–Crippen LogP) is 0.265. The molecule has 1 saturated heterocycles. The zero-order valence-electron chi connectivity index (χ0n) is 7.31. The van der Waals surface area contributed by atoms with Gasteiger partial charge in [0.05, 0.1) is 0 Å². The maximum atomic E-state index is 11.3. The Hall–Kier alpha value is -0.570. The summed E-state index contributed by atoms with van der Waals surface area (Å²) in [5.74, 6) is 0.858. The van der Waals surface area contributed by atoms with Gasteiger partial charge in [-0.25, -0.2) is 0 Å². The van der Waals surface area contributed by atoms with Gasteiger partial charge < -0.3 is 10.6 Å². The van der Waals surface area contributed by atoms with Crippen LogP contribution in [0.3, 0.4) is 0 Å². The third-order valence-corrected chi connectivity index (χ3v) is 2.81. The van der Waals surface area contributed by atoms with Gasteiger partial charge >= 0.3 is 0 Å². The highest BCUT2D eigenvalue weighted by molar-refractivity contribution is 5.76. The molecule has 1 amide bonds. The molecule has 1 saturated carbocycles. The van der Waals surface area contributed by atoms with Crippen LogP contribution in [-0.4, -0.2) is 25.0 Å². The van der Waals surface area contributed by atoms with Gasteiger partial charge in [-0.3, -0.25) is 4.79 Å². The maximum Gasteiger partial charge on any atom is 0.220 e. The average molecular weight is 168 g/mol. The Morgan fingerprint density at radius 2 is 2.17 bits per heavy atom. The van der Waals surface area contributed by atoms with Crippen LogP contribution in [0.5, 0.6) is 0 Å². The molecule has 0 bridgehead atoms. The van der Waals surface area contributed by atoms with E-state index in [9.17, 15) is 4.79 Å². The summed E-state index contributed by atoms with van der Waals surface area (Å²) in [7, 11) is 0. The zero-order chi connectivity index (χ0) is 8.39. The summed E-state index contributed by atoms with van der Waals surface area (Å²) in [6.45, 7) is 2.05. The van der Waals surface area contributed by atoms with E-state index in [0.717, 1.165) is 19.5 Å². The Morgan fingerprint density at radius 1 is 1.42 bits per heavy atom. The molecule has 1 aliphatic carbocycles. The molecule has 3 heteroatoms. The predicted molar refractivity (Wildman–Crippen MR) is 46.8 cm³/mol. The number of hydrogen-bond acceptors (Lipinski definition) is 2. The summed E-state index contributed by atoms with van der Waals surface area (Å²) in [6.07, 6.45) is 4.39. The Morgan fingerprint density at radius 3 is 2.58 bits per heavy atom. The second-order valence-electron chi connectivity index (χ2n) is 3.92. The molecule has 2 N–H and O–H groups in total. The summed E-state index contributed by atoms with van der Waals surface area (Å²) in [6, 6.07) is 0.505. The minimum absolute atomic E-state index is 0.256. The first kappa shape index (κ1) is 8.05. The molecule has 2 aliphatic rings. The van der Waals surface area contributed by atoms with Crippen molar-refractivity contribution in [3.63, 3.8) is 0 Å². The molecular formula is C9H16N2O. The van der Waals surface area contributed by atoms with E-state index in [1.54, 1.807) is 0 Å². The lowest BCUT2D eigenvalue weighted by Crippen LogP contribution is -2.46. The fourth-order valence-corrected chi connectivity index (χ4v) is 1.59. The first-order valence-corrected chi connectivity index (χ1v) is 4.84. The zero-order valence-corrected chi connectivity index (χ0v) is 7.31. The number of hydrogen-bond donors (Lipinski definition) is 2. The highest BCUT2D eigenvalue weighted by atomic mass is 16.1. The van der Waals surface area contributed by atoms with E-state index in [4.69, 9.17) is 0 Å². The van der Waals surface area contributed by atoms with Crippen molar-refractivity contribution < 1.29 is 4.79 Å². The van der Waals surface area contributed by atoms with Crippen molar-refractivity contribution in [1.29, 1.82) is 0 Å². The quantitative estimate of drug-likeness (QED) is 0.635.